The van der Waals surface area contributed by atoms with Crippen LogP contribution in [0.1, 0.15) is 13.8 Å². The number of anilines is 1. The molecule has 0 unspecified atom stereocenters. The Morgan fingerprint density at radius 1 is 1.06 bits per heavy atom. The van der Waals surface area contributed by atoms with E-state index in [1.165, 1.54) is 13.8 Å². The smallest absolute Gasteiger partial charge is 0.331 e. The van der Waals surface area contributed by atoms with Crippen LogP contribution in [0.5, 0.6) is 0 Å². The van der Waals surface area contributed by atoms with Gasteiger partial charge in [0.1, 0.15) is 0 Å². The van der Waals surface area contributed by atoms with Gasteiger partial charge in [0.25, 0.3) is 5.91 Å². The Morgan fingerprint density at radius 3 is 2.12 bits per heavy atom. The van der Waals surface area contributed by atoms with E-state index in [0.29, 0.717) is 5.69 Å². The molecule has 4 nitrogen and oxygen atoms in total. The number of hydrogen-bond acceptors (Lipinski definition) is 2. The van der Waals surface area contributed by atoms with Crippen molar-refractivity contribution in [1.29, 1.82) is 0 Å². The molecule has 1 rings (SSSR count). The van der Waals surface area contributed by atoms with E-state index in [9.17, 15) is 9.59 Å². The highest BCUT2D eigenvalue weighted by Crippen LogP contribution is 2.10. The first-order valence-corrected chi connectivity index (χ1v) is 4.79. The fraction of sp³-hybridized carbons (Fsp3) is 0.167. The van der Waals surface area contributed by atoms with Crippen LogP contribution < -0.4 is 5.32 Å². The number of para-hydroxylation sites is 1. The lowest BCUT2D eigenvalue weighted by molar-refractivity contribution is -0.133. The third-order valence-electron chi connectivity index (χ3n) is 2.26. The van der Waals surface area contributed by atoms with Gasteiger partial charge in [-0.15, -0.1) is 0 Å². The van der Waals surface area contributed by atoms with E-state index in [4.69, 9.17) is 5.11 Å². The van der Waals surface area contributed by atoms with Gasteiger partial charge in [0.05, 0.1) is 0 Å². The van der Waals surface area contributed by atoms with Crippen molar-refractivity contribution in [3.8, 4) is 0 Å². The number of carboxylic acid groups (broad SMARTS) is 1. The molecule has 0 radical (unpaired) electrons. The molecule has 1 aromatic rings. The Balaban J connectivity index is 2.82. The minimum absolute atomic E-state index is 0.0495. The zero-order valence-corrected chi connectivity index (χ0v) is 9.15. The minimum Gasteiger partial charge on any atom is -0.478 e. The average molecular weight is 219 g/mol. The number of carboxylic acids is 1. The maximum Gasteiger partial charge on any atom is 0.331 e. The van der Waals surface area contributed by atoms with Crippen molar-refractivity contribution < 1.29 is 14.7 Å². The van der Waals surface area contributed by atoms with E-state index in [0.717, 1.165) is 0 Å². The fourth-order valence-electron chi connectivity index (χ4n) is 1.08. The summed E-state index contributed by atoms with van der Waals surface area (Å²) in [7, 11) is 0. The zero-order valence-electron chi connectivity index (χ0n) is 9.15. The van der Waals surface area contributed by atoms with Gasteiger partial charge in [-0.3, -0.25) is 4.79 Å². The molecule has 1 amide bonds. The maximum atomic E-state index is 11.6. The van der Waals surface area contributed by atoms with Crippen molar-refractivity contribution in [3.63, 3.8) is 0 Å². The molecule has 0 aliphatic heterocycles. The van der Waals surface area contributed by atoms with Crippen LogP contribution in [0, 0.1) is 0 Å². The molecular weight excluding hydrogens is 206 g/mol. The number of aliphatic carboxylic acids is 1. The van der Waals surface area contributed by atoms with Crippen molar-refractivity contribution in [2.24, 2.45) is 0 Å². The van der Waals surface area contributed by atoms with Crippen molar-refractivity contribution >= 4 is 17.6 Å². The van der Waals surface area contributed by atoms with Gasteiger partial charge in [-0.1, -0.05) is 18.2 Å². The summed E-state index contributed by atoms with van der Waals surface area (Å²) in [5.74, 6) is -1.48. The van der Waals surface area contributed by atoms with Crippen molar-refractivity contribution in [3.05, 3.63) is 41.5 Å². The molecular formula is C12H13NO3. The maximum absolute atomic E-state index is 11.6. The molecule has 0 spiro atoms. The molecule has 0 heterocycles. The zero-order chi connectivity index (χ0) is 12.1. The van der Waals surface area contributed by atoms with Crippen molar-refractivity contribution in [2.45, 2.75) is 13.8 Å². The van der Waals surface area contributed by atoms with Crippen molar-refractivity contribution in [2.75, 3.05) is 5.32 Å². The normalized spacial score (nSPS) is 11.6. The molecule has 0 fully saturated rings. The van der Waals surface area contributed by atoms with E-state index in [2.05, 4.69) is 5.32 Å². The van der Waals surface area contributed by atoms with Crippen LogP contribution >= 0.6 is 0 Å². The molecule has 0 saturated carbocycles. The molecule has 16 heavy (non-hydrogen) atoms. The van der Waals surface area contributed by atoms with E-state index >= 15 is 0 Å². The summed E-state index contributed by atoms with van der Waals surface area (Å²) in [6.07, 6.45) is 0. The fourth-order valence-corrected chi connectivity index (χ4v) is 1.08. The SMILES string of the molecule is C/C(C(=O)O)=C(\C)C(=O)Nc1ccccc1. The summed E-state index contributed by atoms with van der Waals surface area (Å²) in [6, 6.07) is 8.89. The van der Waals surface area contributed by atoms with Crippen LogP contribution in [-0.2, 0) is 9.59 Å². The lowest BCUT2D eigenvalue weighted by Gasteiger charge is -2.06. The highest BCUT2D eigenvalue weighted by atomic mass is 16.4. The topological polar surface area (TPSA) is 66.4 Å². The van der Waals surface area contributed by atoms with Crippen LogP contribution in [0.15, 0.2) is 41.5 Å². The molecule has 0 atom stereocenters. The monoisotopic (exact) mass is 219 g/mol. The second-order valence-electron chi connectivity index (χ2n) is 3.38. The number of carbonyl (C=O) groups excluding carboxylic acids is 1. The average Bonchev–Trinajstić information content (AvgIpc) is 2.28. The minimum atomic E-state index is -1.08. The Bertz CT molecular complexity index is 435. The Morgan fingerprint density at radius 2 is 1.62 bits per heavy atom. The second-order valence-corrected chi connectivity index (χ2v) is 3.38. The first kappa shape index (κ1) is 12.0. The lowest BCUT2D eigenvalue weighted by atomic mass is 10.1. The van der Waals surface area contributed by atoms with Crippen LogP contribution in [0.25, 0.3) is 0 Å². The van der Waals surface area contributed by atoms with E-state index in [-0.39, 0.29) is 11.1 Å². The van der Waals surface area contributed by atoms with Gasteiger partial charge in [0.2, 0.25) is 0 Å². The second kappa shape index (κ2) is 5.11. The van der Waals surface area contributed by atoms with Gasteiger partial charge in [-0.2, -0.15) is 0 Å². The molecule has 1 aromatic carbocycles. The van der Waals surface area contributed by atoms with Gasteiger partial charge in [0, 0.05) is 16.8 Å². The molecule has 0 aliphatic rings. The quantitative estimate of drug-likeness (QED) is 0.764. The number of carbonyl (C=O) groups is 2. The third-order valence-corrected chi connectivity index (χ3v) is 2.26. The first-order valence-electron chi connectivity index (χ1n) is 4.79. The third kappa shape index (κ3) is 2.95. The summed E-state index contributed by atoms with van der Waals surface area (Å²) in [5.41, 5.74) is 0.898. The molecule has 0 aromatic heterocycles. The van der Waals surface area contributed by atoms with Gasteiger partial charge in [0.15, 0.2) is 0 Å². The summed E-state index contributed by atoms with van der Waals surface area (Å²) in [5, 5.41) is 11.3. The molecule has 4 heteroatoms. The predicted molar refractivity (Wildman–Crippen MR) is 61.1 cm³/mol. The predicted octanol–water partition coefficient (Wildman–Crippen LogP) is 2.05. The molecule has 0 bridgehead atoms. The lowest BCUT2D eigenvalue weighted by Crippen LogP contribution is -2.16. The number of rotatable bonds is 3. The highest BCUT2D eigenvalue weighted by molar-refractivity contribution is 6.08. The van der Waals surface area contributed by atoms with E-state index in [1.807, 2.05) is 6.07 Å². The standard InChI is InChI=1S/C12H13NO3/c1-8(9(2)12(15)16)11(14)13-10-6-4-3-5-7-10/h3-7H,1-2H3,(H,13,14)(H,15,16)/b9-8-. The Kier molecular flexibility index (Phi) is 3.83. The Labute approximate surface area is 93.6 Å². The number of nitrogens with one attached hydrogen (secondary N) is 1. The Hall–Kier alpha value is -2.10. The molecule has 2 N–H and O–H groups in total. The summed E-state index contributed by atoms with van der Waals surface area (Å²) in [6.45, 7) is 2.89. The van der Waals surface area contributed by atoms with E-state index < -0.39 is 11.9 Å². The largest absolute Gasteiger partial charge is 0.478 e. The van der Waals surface area contributed by atoms with Crippen LogP contribution in [0.3, 0.4) is 0 Å². The van der Waals surface area contributed by atoms with Gasteiger partial charge in [-0.05, 0) is 26.0 Å². The van der Waals surface area contributed by atoms with Gasteiger partial charge >= 0.3 is 5.97 Å². The van der Waals surface area contributed by atoms with Crippen molar-refractivity contribution in [1.82, 2.24) is 0 Å². The summed E-state index contributed by atoms with van der Waals surface area (Å²) in [4.78, 5) is 22.3. The number of amides is 1. The highest BCUT2D eigenvalue weighted by Gasteiger charge is 2.12. The van der Waals surface area contributed by atoms with Crippen LogP contribution in [0.2, 0.25) is 0 Å². The molecule has 84 valence electrons. The van der Waals surface area contributed by atoms with Gasteiger partial charge < -0.3 is 10.4 Å². The van der Waals surface area contributed by atoms with Crippen LogP contribution in [0.4, 0.5) is 5.69 Å². The summed E-state index contributed by atoms with van der Waals surface area (Å²) < 4.78 is 0. The number of hydrogen-bond donors (Lipinski definition) is 2. The first-order chi connectivity index (χ1) is 7.52. The number of benzene rings is 1. The van der Waals surface area contributed by atoms with Crippen LogP contribution in [-0.4, -0.2) is 17.0 Å². The van der Waals surface area contributed by atoms with Gasteiger partial charge in [-0.25, -0.2) is 4.79 Å². The molecule has 0 saturated heterocycles. The molecule has 0 aliphatic carbocycles. The summed E-state index contributed by atoms with van der Waals surface area (Å²) >= 11 is 0. The van der Waals surface area contributed by atoms with E-state index in [1.54, 1.807) is 24.3 Å².